The second-order valence-electron chi connectivity index (χ2n) is 5.53. The van der Waals surface area contributed by atoms with Gasteiger partial charge in [-0.1, -0.05) is 19.1 Å². The van der Waals surface area contributed by atoms with Gasteiger partial charge >= 0.3 is 0 Å². The van der Waals surface area contributed by atoms with Crippen LogP contribution in [0.15, 0.2) is 18.2 Å². The summed E-state index contributed by atoms with van der Waals surface area (Å²) in [7, 11) is 0. The predicted octanol–water partition coefficient (Wildman–Crippen LogP) is 2.48. The molecule has 1 amide bonds. The summed E-state index contributed by atoms with van der Waals surface area (Å²) in [6, 6.07) is 6.10. The Morgan fingerprint density at radius 2 is 2.20 bits per heavy atom. The summed E-state index contributed by atoms with van der Waals surface area (Å²) in [5.74, 6) is 2.95. The van der Waals surface area contributed by atoms with Gasteiger partial charge in [0.15, 0.2) is 11.5 Å². The van der Waals surface area contributed by atoms with Gasteiger partial charge in [-0.2, -0.15) is 0 Å². The van der Waals surface area contributed by atoms with E-state index in [1.807, 2.05) is 19.1 Å². The van der Waals surface area contributed by atoms with Crippen molar-refractivity contribution in [2.24, 2.45) is 5.92 Å². The molecule has 1 heterocycles. The van der Waals surface area contributed by atoms with E-state index in [0.717, 1.165) is 30.9 Å². The molecular weight excluding hydrogens is 254 g/mol. The largest absolute Gasteiger partial charge is 0.486 e. The smallest absolute Gasteiger partial charge is 0.219 e. The number of rotatable bonds is 5. The first-order valence-electron chi connectivity index (χ1n) is 7.44. The average Bonchev–Trinajstić information content (AvgIpc) is 3.24. The van der Waals surface area contributed by atoms with Gasteiger partial charge in [-0.15, -0.1) is 0 Å². The SMILES string of the molecule is CCCC(=O)NCC1CC1c1cccc2c1OCCO2. The van der Waals surface area contributed by atoms with E-state index >= 15 is 0 Å². The van der Waals surface area contributed by atoms with Gasteiger partial charge in [-0.3, -0.25) is 4.79 Å². The van der Waals surface area contributed by atoms with Gasteiger partial charge < -0.3 is 14.8 Å². The maximum Gasteiger partial charge on any atom is 0.219 e. The highest BCUT2D eigenvalue weighted by Crippen LogP contribution is 2.52. The third-order valence-electron chi connectivity index (χ3n) is 3.96. The lowest BCUT2D eigenvalue weighted by molar-refractivity contribution is -0.121. The molecule has 0 aromatic heterocycles. The third kappa shape index (κ3) is 2.74. The van der Waals surface area contributed by atoms with E-state index in [4.69, 9.17) is 9.47 Å². The molecule has 2 aliphatic rings. The first kappa shape index (κ1) is 13.3. The van der Waals surface area contributed by atoms with Crippen molar-refractivity contribution in [3.05, 3.63) is 23.8 Å². The van der Waals surface area contributed by atoms with Gasteiger partial charge in [0.2, 0.25) is 5.91 Å². The lowest BCUT2D eigenvalue weighted by atomic mass is 10.1. The lowest BCUT2D eigenvalue weighted by Gasteiger charge is -2.21. The Balaban J connectivity index is 1.60. The summed E-state index contributed by atoms with van der Waals surface area (Å²) in [5, 5.41) is 3.01. The van der Waals surface area contributed by atoms with Crippen molar-refractivity contribution in [3.8, 4) is 11.5 Å². The van der Waals surface area contributed by atoms with Crippen molar-refractivity contribution >= 4 is 5.91 Å². The minimum absolute atomic E-state index is 0.160. The molecule has 2 unspecified atom stereocenters. The Morgan fingerprint density at radius 1 is 1.35 bits per heavy atom. The number of benzene rings is 1. The van der Waals surface area contributed by atoms with Crippen LogP contribution >= 0.6 is 0 Å². The molecule has 1 N–H and O–H groups in total. The number of carbonyl (C=O) groups is 1. The topological polar surface area (TPSA) is 47.6 Å². The zero-order valence-electron chi connectivity index (χ0n) is 11.9. The van der Waals surface area contributed by atoms with Gasteiger partial charge in [0.1, 0.15) is 13.2 Å². The van der Waals surface area contributed by atoms with Crippen LogP contribution < -0.4 is 14.8 Å². The quantitative estimate of drug-likeness (QED) is 0.898. The molecule has 4 heteroatoms. The van der Waals surface area contributed by atoms with E-state index in [9.17, 15) is 4.79 Å². The molecular formula is C16H21NO3. The van der Waals surface area contributed by atoms with E-state index in [1.165, 1.54) is 5.56 Å². The van der Waals surface area contributed by atoms with Crippen molar-refractivity contribution < 1.29 is 14.3 Å². The Hall–Kier alpha value is -1.71. The number of para-hydroxylation sites is 1. The zero-order chi connectivity index (χ0) is 13.9. The third-order valence-corrected chi connectivity index (χ3v) is 3.96. The number of hydrogen-bond acceptors (Lipinski definition) is 3. The average molecular weight is 275 g/mol. The molecule has 1 fully saturated rings. The van der Waals surface area contributed by atoms with Crippen LogP contribution in [0.25, 0.3) is 0 Å². The minimum Gasteiger partial charge on any atom is -0.486 e. The molecule has 0 saturated heterocycles. The molecule has 3 rings (SSSR count). The van der Waals surface area contributed by atoms with Gasteiger partial charge in [-0.05, 0) is 30.7 Å². The van der Waals surface area contributed by atoms with Gasteiger partial charge in [0.25, 0.3) is 0 Å². The fourth-order valence-corrected chi connectivity index (χ4v) is 2.80. The highest BCUT2D eigenvalue weighted by molar-refractivity contribution is 5.75. The normalized spacial score (nSPS) is 23.2. The summed E-state index contributed by atoms with van der Waals surface area (Å²) in [4.78, 5) is 11.5. The Bertz CT molecular complexity index is 500. The number of amides is 1. The molecule has 1 aromatic rings. The van der Waals surface area contributed by atoms with Gasteiger partial charge in [0, 0.05) is 18.5 Å². The predicted molar refractivity (Wildman–Crippen MR) is 76.2 cm³/mol. The van der Waals surface area contributed by atoms with Crippen molar-refractivity contribution in [2.75, 3.05) is 19.8 Å². The second kappa shape index (κ2) is 5.73. The Kier molecular flexibility index (Phi) is 3.81. The summed E-state index contributed by atoms with van der Waals surface area (Å²) in [6.07, 6.45) is 2.64. The standard InChI is InChI=1S/C16H21NO3/c1-2-4-15(18)17-10-11-9-13(11)12-5-3-6-14-16(12)20-8-7-19-14/h3,5-6,11,13H,2,4,7-10H2,1H3,(H,17,18). The number of carbonyl (C=O) groups excluding carboxylic acids is 1. The number of ether oxygens (including phenoxy) is 2. The molecule has 1 saturated carbocycles. The molecule has 1 aliphatic carbocycles. The molecule has 1 aliphatic heterocycles. The van der Waals surface area contributed by atoms with Crippen LogP contribution in [0.5, 0.6) is 11.5 Å². The van der Waals surface area contributed by atoms with Crippen LogP contribution in [0.1, 0.15) is 37.7 Å². The van der Waals surface area contributed by atoms with Crippen molar-refractivity contribution in [3.63, 3.8) is 0 Å². The summed E-state index contributed by atoms with van der Waals surface area (Å²) < 4.78 is 11.4. The highest BCUT2D eigenvalue weighted by atomic mass is 16.6. The van der Waals surface area contributed by atoms with E-state index in [-0.39, 0.29) is 5.91 Å². The van der Waals surface area contributed by atoms with E-state index in [2.05, 4.69) is 11.4 Å². The van der Waals surface area contributed by atoms with Gasteiger partial charge in [-0.25, -0.2) is 0 Å². The fraction of sp³-hybridized carbons (Fsp3) is 0.562. The number of fused-ring (bicyclic) bond motifs is 1. The molecule has 0 spiro atoms. The number of nitrogens with one attached hydrogen (secondary N) is 1. The maximum absolute atomic E-state index is 11.5. The minimum atomic E-state index is 0.160. The Labute approximate surface area is 119 Å². The zero-order valence-corrected chi connectivity index (χ0v) is 11.9. The second-order valence-corrected chi connectivity index (χ2v) is 5.53. The molecule has 4 nitrogen and oxygen atoms in total. The first-order chi connectivity index (χ1) is 9.79. The monoisotopic (exact) mass is 275 g/mol. The van der Waals surface area contributed by atoms with Crippen LogP contribution in [0, 0.1) is 5.92 Å². The van der Waals surface area contributed by atoms with Gasteiger partial charge in [0.05, 0.1) is 0 Å². The van der Waals surface area contributed by atoms with Crippen LogP contribution in [0.2, 0.25) is 0 Å². The summed E-state index contributed by atoms with van der Waals surface area (Å²) >= 11 is 0. The van der Waals surface area contributed by atoms with Crippen LogP contribution in [-0.2, 0) is 4.79 Å². The van der Waals surface area contributed by atoms with Crippen LogP contribution in [-0.4, -0.2) is 25.7 Å². The van der Waals surface area contributed by atoms with Crippen LogP contribution in [0.3, 0.4) is 0 Å². The van der Waals surface area contributed by atoms with Crippen molar-refractivity contribution in [1.82, 2.24) is 5.32 Å². The maximum atomic E-state index is 11.5. The van der Waals surface area contributed by atoms with E-state index in [0.29, 0.717) is 31.5 Å². The molecule has 20 heavy (non-hydrogen) atoms. The van der Waals surface area contributed by atoms with Crippen LogP contribution in [0.4, 0.5) is 0 Å². The molecule has 2 atom stereocenters. The molecule has 108 valence electrons. The summed E-state index contributed by atoms with van der Waals surface area (Å²) in [6.45, 7) is 4.04. The van der Waals surface area contributed by atoms with E-state index in [1.54, 1.807) is 0 Å². The van der Waals surface area contributed by atoms with E-state index < -0.39 is 0 Å². The Morgan fingerprint density at radius 3 is 3.05 bits per heavy atom. The molecule has 1 aromatic carbocycles. The number of hydrogen-bond donors (Lipinski definition) is 1. The fourth-order valence-electron chi connectivity index (χ4n) is 2.80. The molecule has 0 bridgehead atoms. The highest BCUT2D eigenvalue weighted by Gasteiger charge is 2.40. The molecule has 0 radical (unpaired) electrons. The first-order valence-corrected chi connectivity index (χ1v) is 7.44. The lowest BCUT2D eigenvalue weighted by Crippen LogP contribution is -2.25. The summed E-state index contributed by atoms with van der Waals surface area (Å²) in [5.41, 5.74) is 1.23. The van der Waals surface area contributed by atoms with Crippen molar-refractivity contribution in [2.45, 2.75) is 32.1 Å². The van der Waals surface area contributed by atoms with Crippen molar-refractivity contribution in [1.29, 1.82) is 0 Å².